The molecule has 0 unspecified atom stereocenters. The highest BCUT2D eigenvalue weighted by atomic mass is 32.2. The van der Waals surface area contributed by atoms with E-state index in [2.05, 4.69) is 37.9 Å². The van der Waals surface area contributed by atoms with Gasteiger partial charge in [-0.2, -0.15) is 0 Å². The van der Waals surface area contributed by atoms with E-state index in [0.717, 1.165) is 16.1 Å². The second-order valence-electron chi connectivity index (χ2n) is 6.77. The summed E-state index contributed by atoms with van der Waals surface area (Å²) in [7, 11) is 2.15. The molecular formula is C17H27N3S. The van der Waals surface area contributed by atoms with Crippen molar-refractivity contribution in [1.29, 1.82) is 5.41 Å². The second kappa shape index (κ2) is 6.30. The molecule has 0 aliphatic heterocycles. The molecule has 1 fully saturated rings. The molecule has 3 N–H and O–H groups in total. The molecule has 116 valence electrons. The van der Waals surface area contributed by atoms with Gasteiger partial charge in [-0.1, -0.05) is 19.9 Å². The minimum Gasteiger partial charge on any atom is -0.384 e. The van der Waals surface area contributed by atoms with Gasteiger partial charge in [-0.25, -0.2) is 0 Å². The Balaban J connectivity index is 2.27. The summed E-state index contributed by atoms with van der Waals surface area (Å²) >= 11 is 1.65. The summed E-state index contributed by atoms with van der Waals surface area (Å²) in [4.78, 5) is 3.43. The van der Waals surface area contributed by atoms with E-state index >= 15 is 0 Å². The highest BCUT2D eigenvalue weighted by Gasteiger charge is 2.30. The van der Waals surface area contributed by atoms with Crippen molar-refractivity contribution in [3.63, 3.8) is 0 Å². The first-order valence-electron chi connectivity index (χ1n) is 7.60. The molecule has 0 aromatic heterocycles. The molecule has 0 spiro atoms. The average Bonchev–Trinajstić information content (AvgIpc) is 2.45. The zero-order valence-electron chi connectivity index (χ0n) is 13.6. The van der Waals surface area contributed by atoms with Crippen molar-refractivity contribution < 1.29 is 0 Å². The second-order valence-corrected chi connectivity index (χ2v) is 7.62. The van der Waals surface area contributed by atoms with Gasteiger partial charge in [-0.3, -0.25) is 5.41 Å². The van der Waals surface area contributed by atoms with Crippen LogP contribution >= 0.6 is 11.8 Å². The van der Waals surface area contributed by atoms with Crippen molar-refractivity contribution in [2.24, 2.45) is 11.1 Å². The minimum atomic E-state index is 0.165. The van der Waals surface area contributed by atoms with Crippen LogP contribution in [-0.4, -0.2) is 25.2 Å². The quantitative estimate of drug-likeness (QED) is 0.500. The van der Waals surface area contributed by atoms with E-state index in [1.54, 1.807) is 11.8 Å². The molecule has 1 aliphatic rings. The molecule has 0 radical (unpaired) electrons. The summed E-state index contributed by atoms with van der Waals surface area (Å²) in [5.74, 6) is 0.165. The lowest BCUT2D eigenvalue weighted by molar-refractivity contribution is 0.222. The Morgan fingerprint density at radius 2 is 1.95 bits per heavy atom. The van der Waals surface area contributed by atoms with Gasteiger partial charge < -0.3 is 10.6 Å². The third-order valence-electron chi connectivity index (χ3n) is 4.73. The molecule has 1 saturated carbocycles. The molecule has 1 aliphatic carbocycles. The number of nitrogens with zero attached hydrogens (tertiary/aromatic N) is 1. The maximum Gasteiger partial charge on any atom is 0.126 e. The fraction of sp³-hybridized carbons (Fsp3) is 0.588. The van der Waals surface area contributed by atoms with E-state index in [9.17, 15) is 0 Å². The van der Waals surface area contributed by atoms with Crippen molar-refractivity contribution in [3.05, 3.63) is 23.8 Å². The Bertz CT molecular complexity index is 515. The Morgan fingerprint density at radius 1 is 1.33 bits per heavy atom. The Labute approximate surface area is 132 Å². The minimum absolute atomic E-state index is 0.165. The van der Waals surface area contributed by atoms with Crippen molar-refractivity contribution in [3.8, 4) is 0 Å². The zero-order chi connectivity index (χ0) is 15.6. The molecule has 0 saturated heterocycles. The van der Waals surface area contributed by atoms with Gasteiger partial charge in [-0.05, 0) is 49.5 Å². The standard InChI is InChI=1S/C17H27N3S/c1-17(2)10-8-12(9-11-17)20(3)13-6-5-7-14(21-4)15(13)16(18)19/h5-7,12H,8-11H2,1-4H3,(H3,18,19). The van der Waals surface area contributed by atoms with Crippen LogP contribution in [0.4, 0.5) is 5.69 Å². The number of nitrogens with one attached hydrogen (secondary N) is 1. The van der Waals surface area contributed by atoms with Gasteiger partial charge in [0.1, 0.15) is 5.84 Å². The van der Waals surface area contributed by atoms with Crippen LogP contribution in [-0.2, 0) is 0 Å². The van der Waals surface area contributed by atoms with Crippen molar-refractivity contribution in [2.75, 3.05) is 18.2 Å². The van der Waals surface area contributed by atoms with Crippen molar-refractivity contribution in [1.82, 2.24) is 0 Å². The largest absolute Gasteiger partial charge is 0.384 e. The highest BCUT2D eigenvalue weighted by molar-refractivity contribution is 7.98. The van der Waals surface area contributed by atoms with Crippen LogP contribution in [0.2, 0.25) is 0 Å². The van der Waals surface area contributed by atoms with Crippen LogP contribution in [0.3, 0.4) is 0 Å². The maximum atomic E-state index is 7.93. The summed E-state index contributed by atoms with van der Waals surface area (Å²) in [6.45, 7) is 4.72. The van der Waals surface area contributed by atoms with Gasteiger partial charge >= 0.3 is 0 Å². The smallest absolute Gasteiger partial charge is 0.126 e. The Hall–Kier alpha value is -1.16. The van der Waals surface area contributed by atoms with Crippen LogP contribution in [0, 0.1) is 10.8 Å². The van der Waals surface area contributed by atoms with Crippen molar-refractivity contribution >= 4 is 23.3 Å². The summed E-state index contributed by atoms with van der Waals surface area (Å²) < 4.78 is 0. The molecule has 0 amide bonds. The Kier molecular flexibility index (Phi) is 4.87. The summed E-state index contributed by atoms with van der Waals surface area (Å²) in [6.07, 6.45) is 6.99. The fourth-order valence-corrected chi connectivity index (χ4v) is 3.86. The molecule has 4 heteroatoms. The molecule has 3 nitrogen and oxygen atoms in total. The summed E-state index contributed by atoms with van der Waals surface area (Å²) in [5.41, 5.74) is 8.30. The molecule has 1 aromatic rings. The zero-order valence-corrected chi connectivity index (χ0v) is 14.4. The fourth-order valence-electron chi connectivity index (χ4n) is 3.22. The number of benzene rings is 1. The van der Waals surface area contributed by atoms with Crippen LogP contribution < -0.4 is 10.6 Å². The number of nitrogens with two attached hydrogens (primary N) is 1. The van der Waals surface area contributed by atoms with Gasteiger partial charge in [0.25, 0.3) is 0 Å². The number of rotatable bonds is 4. The normalized spacial score (nSPS) is 18.5. The Morgan fingerprint density at radius 3 is 2.48 bits per heavy atom. The summed E-state index contributed by atoms with van der Waals surface area (Å²) in [5, 5.41) is 7.93. The molecular weight excluding hydrogens is 278 g/mol. The molecule has 0 heterocycles. The van der Waals surface area contributed by atoms with Crippen molar-refractivity contribution in [2.45, 2.75) is 50.5 Å². The number of thioether (sulfide) groups is 1. The SMILES string of the molecule is CSc1cccc(N(C)C2CCC(C)(C)CC2)c1C(=N)N. The van der Waals surface area contributed by atoms with Gasteiger partial charge in [0.05, 0.1) is 5.56 Å². The lowest BCUT2D eigenvalue weighted by Crippen LogP contribution is -2.38. The first kappa shape index (κ1) is 16.2. The van der Waals surface area contributed by atoms with E-state index < -0.39 is 0 Å². The number of anilines is 1. The first-order chi connectivity index (χ1) is 9.85. The number of nitrogen functional groups attached to an aromatic ring is 1. The average molecular weight is 305 g/mol. The molecule has 2 rings (SSSR count). The van der Waals surface area contributed by atoms with Crippen LogP contribution in [0.1, 0.15) is 45.1 Å². The van der Waals surface area contributed by atoms with Gasteiger partial charge in [0.2, 0.25) is 0 Å². The van der Waals surface area contributed by atoms with E-state index in [1.165, 1.54) is 25.7 Å². The van der Waals surface area contributed by atoms with Crippen LogP contribution in [0.5, 0.6) is 0 Å². The monoisotopic (exact) mass is 305 g/mol. The third kappa shape index (κ3) is 3.54. The lowest BCUT2D eigenvalue weighted by atomic mass is 9.75. The lowest BCUT2D eigenvalue weighted by Gasteiger charge is -2.40. The predicted molar refractivity (Wildman–Crippen MR) is 93.7 cm³/mol. The number of amidine groups is 1. The molecule has 0 bridgehead atoms. The third-order valence-corrected chi connectivity index (χ3v) is 5.51. The highest BCUT2D eigenvalue weighted by Crippen LogP contribution is 2.39. The van der Waals surface area contributed by atoms with Gasteiger partial charge in [0.15, 0.2) is 0 Å². The van der Waals surface area contributed by atoms with E-state index in [-0.39, 0.29) is 5.84 Å². The van der Waals surface area contributed by atoms with Crippen LogP contribution in [0.15, 0.2) is 23.1 Å². The maximum absolute atomic E-state index is 7.93. The van der Waals surface area contributed by atoms with Gasteiger partial charge in [-0.15, -0.1) is 11.8 Å². The molecule has 21 heavy (non-hydrogen) atoms. The van der Waals surface area contributed by atoms with E-state index in [4.69, 9.17) is 11.1 Å². The van der Waals surface area contributed by atoms with E-state index in [0.29, 0.717) is 11.5 Å². The number of hydrogen-bond donors (Lipinski definition) is 2. The first-order valence-corrected chi connectivity index (χ1v) is 8.82. The predicted octanol–water partition coefficient (Wildman–Crippen LogP) is 4.10. The number of hydrogen-bond acceptors (Lipinski definition) is 3. The topological polar surface area (TPSA) is 53.1 Å². The van der Waals surface area contributed by atoms with Crippen LogP contribution in [0.25, 0.3) is 0 Å². The summed E-state index contributed by atoms with van der Waals surface area (Å²) in [6, 6.07) is 6.75. The molecule has 0 atom stereocenters. The van der Waals surface area contributed by atoms with Gasteiger partial charge in [0, 0.05) is 23.7 Å². The van der Waals surface area contributed by atoms with E-state index in [1.807, 2.05) is 12.3 Å². The molecule has 1 aromatic carbocycles.